The van der Waals surface area contributed by atoms with E-state index in [9.17, 15) is 18.0 Å². The van der Waals surface area contributed by atoms with Crippen molar-refractivity contribution in [1.29, 1.82) is 0 Å². The van der Waals surface area contributed by atoms with Crippen molar-refractivity contribution in [3.05, 3.63) is 58.8 Å². The van der Waals surface area contributed by atoms with Gasteiger partial charge in [0.1, 0.15) is 12.2 Å². The number of hydrogen-bond donors (Lipinski definition) is 0. The van der Waals surface area contributed by atoms with Gasteiger partial charge in [0.2, 0.25) is 5.89 Å². The van der Waals surface area contributed by atoms with Crippen LogP contribution in [0.2, 0.25) is 0 Å². The van der Waals surface area contributed by atoms with Gasteiger partial charge in [-0.2, -0.15) is 18.2 Å². The maximum absolute atomic E-state index is 12.8. The Morgan fingerprint density at radius 1 is 1.24 bits per heavy atom. The number of aryl methyl sites for hydroxylation is 1. The molecule has 1 aromatic carbocycles. The smallest absolute Gasteiger partial charge is 0.337 e. The number of fused-ring (bicyclic) bond motifs is 1. The molecule has 7 nitrogen and oxygen atoms in total. The number of carbonyl (C=O) groups is 1. The van der Waals surface area contributed by atoms with Gasteiger partial charge >= 0.3 is 6.18 Å². The predicted molar refractivity (Wildman–Crippen MR) is 98.3 cm³/mol. The number of rotatable bonds is 4. The van der Waals surface area contributed by atoms with E-state index in [0.717, 1.165) is 12.1 Å². The summed E-state index contributed by atoms with van der Waals surface area (Å²) in [5.74, 6) is 0.527. The molecule has 0 unspecified atom stereocenters. The summed E-state index contributed by atoms with van der Waals surface area (Å²) >= 11 is 1.27. The first-order chi connectivity index (χ1) is 13.7. The lowest BCUT2D eigenvalue weighted by Gasteiger charge is -2.13. The van der Waals surface area contributed by atoms with Crippen molar-refractivity contribution in [3.63, 3.8) is 0 Å². The highest BCUT2D eigenvalue weighted by atomic mass is 32.1. The number of thiazole rings is 1. The number of imidazole rings is 1. The molecule has 0 aliphatic heterocycles. The molecule has 0 aliphatic rings. The van der Waals surface area contributed by atoms with Crippen molar-refractivity contribution in [2.75, 3.05) is 7.05 Å². The molecule has 1 amide bonds. The summed E-state index contributed by atoms with van der Waals surface area (Å²) in [6.07, 6.45) is -2.76. The van der Waals surface area contributed by atoms with Gasteiger partial charge in [-0.25, -0.2) is 4.98 Å². The lowest BCUT2D eigenvalue weighted by atomic mass is 10.1. The van der Waals surface area contributed by atoms with Gasteiger partial charge in [0, 0.05) is 24.2 Å². The topological polar surface area (TPSA) is 76.5 Å². The second kappa shape index (κ2) is 6.99. The summed E-state index contributed by atoms with van der Waals surface area (Å²) in [4.78, 5) is 23.3. The fraction of sp³-hybridized carbons (Fsp3) is 0.222. The largest absolute Gasteiger partial charge is 0.416 e. The molecule has 150 valence electrons. The van der Waals surface area contributed by atoms with Crippen molar-refractivity contribution >= 4 is 22.2 Å². The van der Waals surface area contributed by atoms with Gasteiger partial charge in [0.25, 0.3) is 5.91 Å². The fourth-order valence-electron chi connectivity index (χ4n) is 2.78. The monoisotopic (exact) mass is 421 g/mol. The van der Waals surface area contributed by atoms with Crippen molar-refractivity contribution in [2.45, 2.75) is 19.6 Å². The van der Waals surface area contributed by atoms with E-state index in [4.69, 9.17) is 4.52 Å². The number of benzene rings is 1. The normalized spacial score (nSPS) is 11.9. The Morgan fingerprint density at radius 3 is 2.59 bits per heavy atom. The van der Waals surface area contributed by atoms with Crippen LogP contribution in [0, 0.1) is 6.92 Å². The first-order valence-corrected chi connectivity index (χ1v) is 9.29. The van der Waals surface area contributed by atoms with E-state index in [1.165, 1.54) is 28.4 Å². The Balaban J connectivity index is 1.59. The Labute approximate surface area is 166 Å². The van der Waals surface area contributed by atoms with Crippen LogP contribution in [-0.2, 0) is 12.7 Å². The second-order valence-electron chi connectivity index (χ2n) is 6.37. The van der Waals surface area contributed by atoms with Gasteiger partial charge in [-0.15, -0.1) is 11.3 Å². The highest BCUT2D eigenvalue weighted by Gasteiger charge is 2.30. The Bertz CT molecular complexity index is 1180. The van der Waals surface area contributed by atoms with E-state index in [0.29, 0.717) is 33.6 Å². The van der Waals surface area contributed by atoms with E-state index in [2.05, 4.69) is 15.1 Å². The number of hydrogen-bond acceptors (Lipinski definition) is 6. The van der Waals surface area contributed by atoms with Crippen LogP contribution in [0.5, 0.6) is 0 Å². The van der Waals surface area contributed by atoms with Crippen molar-refractivity contribution in [2.24, 2.45) is 0 Å². The quantitative estimate of drug-likeness (QED) is 0.497. The zero-order valence-corrected chi connectivity index (χ0v) is 16.1. The lowest BCUT2D eigenvalue weighted by molar-refractivity contribution is -0.137. The summed E-state index contributed by atoms with van der Waals surface area (Å²) in [6.45, 7) is 1.84. The molecule has 0 saturated heterocycles. The number of alkyl halides is 3. The van der Waals surface area contributed by atoms with Gasteiger partial charge in [-0.3, -0.25) is 9.20 Å². The first-order valence-electron chi connectivity index (χ1n) is 8.41. The maximum atomic E-state index is 12.8. The number of amides is 1. The molecule has 0 bridgehead atoms. The minimum absolute atomic E-state index is 0.150. The number of nitrogens with zero attached hydrogens (tertiary/aromatic N) is 5. The van der Waals surface area contributed by atoms with E-state index in [1.807, 2.05) is 0 Å². The van der Waals surface area contributed by atoms with Crippen molar-refractivity contribution < 1.29 is 22.5 Å². The summed E-state index contributed by atoms with van der Waals surface area (Å²) < 4.78 is 44.9. The summed E-state index contributed by atoms with van der Waals surface area (Å²) in [6, 6.07) is 4.74. The van der Waals surface area contributed by atoms with Crippen LogP contribution in [0.15, 0.2) is 40.4 Å². The predicted octanol–water partition coefficient (Wildman–Crippen LogP) is 4.05. The SMILES string of the molecule is Cc1noc(CN(C)C(=O)c2csc3nc(-c4ccc(C(F)(F)F)cc4)cn23)n1. The lowest BCUT2D eigenvalue weighted by Crippen LogP contribution is -2.27. The number of carbonyl (C=O) groups excluding carboxylic acids is 1. The third kappa shape index (κ3) is 3.73. The number of halogens is 3. The van der Waals surface area contributed by atoms with E-state index in [1.54, 1.807) is 29.9 Å². The molecule has 0 N–H and O–H groups in total. The van der Waals surface area contributed by atoms with Crippen LogP contribution in [-0.4, -0.2) is 37.4 Å². The van der Waals surface area contributed by atoms with Crippen molar-refractivity contribution in [1.82, 2.24) is 24.4 Å². The molecule has 0 spiro atoms. The standard InChI is InChI=1S/C18H14F3N5O2S/c1-10-22-15(28-24-10)8-25(2)16(27)14-9-29-17-23-13(7-26(14)17)11-3-5-12(6-4-11)18(19,20)21/h3-7,9H,8H2,1-2H3. The molecule has 0 saturated carbocycles. The average Bonchev–Trinajstić information content (AvgIpc) is 3.36. The molecule has 0 atom stereocenters. The summed E-state index contributed by atoms with van der Waals surface area (Å²) in [5, 5.41) is 5.37. The zero-order valence-electron chi connectivity index (χ0n) is 15.3. The van der Waals surface area contributed by atoms with Crippen LogP contribution in [0.3, 0.4) is 0 Å². The molecule has 0 radical (unpaired) electrons. The minimum Gasteiger partial charge on any atom is -0.337 e. The van der Waals surface area contributed by atoms with Gasteiger partial charge in [-0.05, 0) is 19.1 Å². The van der Waals surface area contributed by atoms with E-state index < -0.39 is 11.7 Å². The molecule has 11 heteroatoms. The molecular formula is C18H14F3N5O2S. The van der Waals surface area contributed by atoms with Gasteiger partial charge in [-0.1, -0.05) is 17.3 Å². The van der Waals surface area contributed by atoms with E-state index >= 15 is 0 Å². The number of aromatic nitrogens is 4. The van der Waals surface area contributed by atoms with Crippen LogP contribution in [0.25, 0.3) is 16.2 Å². The molecule has 0 fully saturated rings. The molecule has 4 aromatic rings. The highest BCUT2D eigenvalue weighted by molar-refractivity contribution is 7.15. The first kappa shape index (κ1) is 19.1. The molecule has 4 rings (SSSR count). The molecular weight excluding hydrogens is 407 g/mol. The third-order valence-corrected chi connectivity index (χ3v) is 5.06. The van der Waals surface area contributed by atoms with Gasteiger partial charge in [0.05, 0.1) is 11.3 Å². The fourth-order valence-corrected chi connectivity index (χ4v) is 3.63. The average molecular weight is 421 g/mol. The van der Waals surface area contributed by atoms with Gasteiger partial charge < -0.3 is 9.42 Å². The Kier molecular flexibility index (Phi) is 4.61. The van der Waals surface area contributed by atoms with Crippen LogP contribution >= 0.6 is 11.3 Å². The third-order valence-electron chi connectivity index (χ3n) is 4.22. The Morgan fingerprint density at radius 2 is 1.97 bits per heavy atom. The second-order valence-corrected chi connectivity index (χ2v) is 7.21. The van der Waals surface area contributed by atoms with Crippen LogP contribution < -0.4 is 0 Å². The zero-order chi connectivity index (χ0) is 20.8. The summed E-state index contributed by atoms with van der Waals surface area (Å²) in [5.41, 5.74) is 0.669. The Hall–Kier alpha value is -3.21. The molecule has 3 heterocycles. The molecule has 0 aliphatic carbocycles. The molecule has 29 heavy (non-hydrogen) atoms. The van der Waals surface area contributed by atoms with Gasteiger partial charge in [0.15, 0.2) is 10.8 Å². The minimum atomic E-state index is -4.39. The maximum Gasteiger partial charge on any atom is 0.416 e. The van der Waals surface area contributed by atoms with E-state index in [-0.39, 0.29) is 12.5 Å². The van der Waals surface area contributed by atoms with Crippen LogP contribution in [0.1, 0.15) is 27.8 Å². The molecule has 3 aromatic heterocycles. The van der Waals surface area contributed by atoms with Crippen LogP contribution in [0.4, 0.5) is 13.2 Å². The van der Waals surface area contributed by atoms with Crippen molar-refractivity contribution in [3.8, 4) is 11.3 Å². The summed E-state index contributed by atoms with van der Waals surface area (Å²) in [7, 11) is 1.61. The highest BCUT2D eigenvalue weighted by Crippen LogP contribution is 2.31.